The third-order valence-corrected chi connectivity index (χ3v) is 1.62. The van der Waals surface area contributed by atoms with Crippen molar-refractivity contribution in [3.05, 3.63) is 35.8 Å². The number of nitrogens with zero attached hydrogens (tertiary/aromatic N) is 2. The second-order valence-corrected chi connectivity index (χ2v) is 2.81. The largest absolute Gasteiger partial charge is 0.471 e. The van der Waals surface area contributed by atoms with Crippen molar-refractivity contribution in [2.75, 3.05) is 6.61 Å². The molecule has 0 unspecified atom stereocenters. The molecule has 0 saturated carbocycles. The Kier molecular flexibility index (Phi) is 5.92. The first kappa shape index (κ1) is 13.6. The van der Waals surface area contributed by atoms with Crippen molar-refractivity contribution < 1.29 is 14.3 Å². The van der Waals surface area contributed by atoms with Crippen molar-refractivity contribution in [2.45, 2.75) is 12.8 Å². The lowest BCUT2D eigenvalue weighted by molar-refractivity contribution is -0.139. The third-order valence-electron chi connectivity index (χ3n) is 1.62. The fourth-order valence-corrected chi connectivity index (χ4v) is 0.740. The molecule has 0 rings (SSSR count). The van der Waals surface area contributed by atoms with Gasteiger partial charge in [-0.1, -0.05) is 13.2 Å². The molecular weight excluding hydrogens is 208 g/mol. The number of ether oxygens (including phenoxy) is 1. The van der Waals surface area contributed by atoms with Crippen LogP contribution < -0.4 is 0 Å². The Bertz CT molecular complexity index is 370. The smallest absolute Gasteiger partial charge is 0.335 e. The molecule has 0 amide bonds. The molecular formula is C11H10N2O3. The highest BCUT2D eigenvalue weighted by Gasteiger charge is 2.09. The fourth-order valence-electron chi connectivity index (χ4n) is 0.740. The number of allylic oxidation sites excluding steroid dienone is 1. The number of esters is 1. The summed E-state index contributed by atoms with van der Waals surface area (Å²) in [4.78, 5) is 24.8. The average molecular weight is 218 g/mol. The van der Waals surface area contributed by atoms with E-state index < -0.39 is 5.97 Å². The number of Topliss-reactive ketones (excluding diaryl/α,β-unsaturated/α-hetero) is 1. The van der Waals surface area contributed by atoms with Gasteiger partial charge in [0.2, 0.25) is 0 Å². The van der Waals surface area contributed by atoms with E-state index in [4.69, 9.17) is 11.8 Å². The number of hydrogen-bond donors (Lipinski definition) is 0. The highest BCUT2D eigenvalue weighted by atomic mass is 16.5. The van der Waals surface area contributed by atoms with Crippen LogP contribution in [0.2, 0.25) is 0 Å². The van der Waals surface area contributed by atoms with E-state index in [0.29, 0.717) is 0 Å². The van der Waals surface area contributed by atoms with Gasteiger partial charge in [-0.3, -0.25) is 9.59 Å². The van der Waals surface area contributed by atoms with Crippen LogP contribution in [0.15, 0.2) is 24.4 Å². The summed E-state index contributed by atoms with van der Waals surface area (Å²) in [5.74, 6) is -1.16. The van der Waals surface area contributed by atoms with Crippen molar-refractivity contribution in [1.82, 2.24) is 0 Å². The predicted molar refractivity (Wildman–Crippen MR) is 55.7 cm³/mol. The van der Waals surface area contributed by atoms with Crippen LogP contribution in [0.3, 0.4) is 0 Å². The van der Waals surface area contributed by atoms with Gasteiger partial charge in [0.05, 0.1) is 18.8 Å². The topological polar surface area (TPSA) is 71.5 Å². The summed E-state index contributed by atoms with van der Waals surface area (Å²) in [6.45, 7) is 12.9. The molecule has 0 aliphatic heterocycles. The molecule has 0 aliphatic rings. The molecule has 0 atom stereocenters. The summed E-state index contributed by atoms with van der Waals surface area (Å²) in [5, 5.41) is 8.35. The van der Waals surface area contributed by atoms with Crippen molar-refractivity contribution in [3.8, 4) is 6.07 Å². The van der Waals surface area contributed by atoms with Crippen LogP contribution >= 0.6 is 0 Å². The minimum atomic E-state index is -0.790. The van der Waals surface area contributed by atoms with E-state index in [-0.39, 0.29) is 36.5 Å². The molecule has 82 valence electrons. The highest BCUT2D eigenvalue weighted by Crippen LogP contribution is 2.01. The van der Waals surface area contributed by atoms with Gasteiger partial charge in [0.25, 0.3) is 5.70 Å². The van der Waals surface area contributed by atoms with Crippen molar-refractivity contribution in [2.24, 2.45) is 0 Å². The lowest BCUT2D eigenvalue weighted by Gasteiger charge is -2.02. The minimum absolute atomic E-state index is 0.0117. The lowest BCUT2D eigenvalue weighted by atomic mass is 10.1. The second-order valence-electron chi connectivity index (χ2n) is 2.81. The first-order chi connectivity index (χ1) is 7.52. The molecule has 0 bridgehead atoms. The van der Waals surface area contributed by atoms with Crippen molar-refractivity contribution >= 4 is 11.8 Å². The molecule has 16 heavy (non-hydrogen) atoms. The Morgan fingerprint density at radius 3 is 2.56 bits per heavy atom. The molecule has 0 aromatic heterocycles. The van der Waals surface area contributed by atoms with Gasteiger partial charge >= 0.3 is 5.97 Å². The molecule has 5 heteroatoms. The van der Waals surface area contributed by atoms with Crippen LogP contribution in [0.25, 0.3) is 4.85 Å². The molecule has 0 heterocycles. The van der Waals surface area contributed by atoms with E-state index in [1.54, 1.807) is 6.07 Å². The van der Waals surface area contributed by atoms with Crippen LogP contribution in [0.1, 0.15) is 12.8 Å². The molecule has 0 fully saturated rings. The van der Waals surface area contributed by atoms with Crippen molar-refractivity contribution in [3.63, 3.8) is 0 Å². The third kappa shape index (κ3) is 4.73. The monoisotopic (exact) mass is 218 g/mol. The molecule has 0 saturated heterocycles. The van der Waals surface area contributed by atoms with Gasteiger partial charge in [-0.15, -0.1) is 0 Å². The van der Waals surface area contributed by atoms with E-state index >= 15 is 0 Å². The molecule has 0 aromatic rings. The summed E-state index contributed by atoms with van der Waals surface area (Å²) in [6.07, 6.45) is 0.376. The first-order valence-corrected chi connectivity index (χ1v) is 4.38. The molecule has 0 radical (unpaired) electrons. The summed E-state index contributed by atoms with van der Waals surface area (Å²) < 4.78 is 4.64. The Morgan fingerprint density at radius 1 is 1.44 bits per heavy atom. The lowest BCUT2D eigenvalue weighted by Crippen LogP contribution is -2.08. The normalized spacial score (nSPS) is 8.38. The Hall–Kier alpha value is -2.40. The number of hydrogen-bond acceptors (Lipinski definition) is 4. The highest BCUT2D eigenvalue weighted by molar-refractivity contribution is 5.98. The summed E-state index contributed by atoms with van der Waals surface area (Å²) in [5.41, 5.74) is -0.412. The van der Waals surface area contributed by atoms with Crippen LogP contribution in [0.4, 0.5) is 0 Å². The number of nitriles is 1. The van der Waals surface area contributed by atoms with E-state index in [9.17, 15) is 9.59 Å². The van der Waals surface area contributed by atoms with Gasteiger partial charge in [-0.05, 0) is 6.42 Å². The maximum Gasteiger partial charge on any atom is 0.335 e. The van der Waals surface area contributed by atoms with Gasteiger partial charge in [-0.2, -0.15) is 5.26 Å². The van der Waals surface area contributed by atoms with Gasteiger partial charge in [0.15, 0.2) is 5.78 Å². The van der Waals surface area contributed by atoms with Gasteiger partial charge in [0, 0.05) is 6.42 Å². The SMILES string of the molecule is [C-]#[N+]C(=C)C(=O)OCCCC(=O)C(=C)C#N. The fraction of sp³-hybridized carbons (Fsp3) is 0.273. The van der Waals surface area contributed by atoms with Crippen LogP contribution in [-0.4, -0.2) is 18.4 Å². The van der Waals surface area contributed by atoms with E-state index in [0.717, 1.165) is 0 Å². The van der Waals surface area contributed by atoms with Crippen LogP contribution in [0.5, 0.6) is 0 Å². The minimum Gasteiger partial charge on any atom is -0.471 e. The molecule has 0 N–H and O–H groups in total. The van der Waals surface area contributed by atoms with Crippen molar-refractivity contribution in [1.29, 1.82) is 5.26 Å². The van der Waals surface area contributed by atoms with Crippen LogP contribution in [-0.2, 0) is 14.3 Å². The van der Waals surface area contributed by atoms with Gasteiger partial charge < -0.3 is 4.74 Å². The zero-order valence-electron chi connectivity index (χ0n) is 8.65. The molecule has 0 spiro atoms. The Labute approximate surface area is 93.4 Å². The Balaban J connectivity index is 3.79. The predicted octanol–water partition coefficient (Wildman–Crippen LogP) is 1.39. The maximum absolute atomic E-state index is 11.1. The molecule has 0 aliphatic carbocycles. The first-order valence-electron chi connectivity index (χ1n) is 4.38. The van der Waals surface area contributed by atoms with E-state index in [1.807, 2.05) is 0 Å². The quantitative estimate of drug-likeness (QED) is 0.222. The molecule has 0 aromatic carbocycles. The summed E-state index contributed by atoms with van der Waals surface area (Å²) >= 11 is 0. The zero-order chi connectivity index (χ0) is 12.6. The molecule has 5 nitrogen and oxygen atoms in total. The number of ketones is 1. The zero-order valence-corrected chi connectivity index (χ0v) is 8.65. The number of carbonyl (C=O) groups is 2. The number of rotatable bonds is 6. The van der Waals surface area contributed by atoms with Crippen LogP contribution in [0, 0.1) is 17.9 Å². The summed E-state index contributed by atoms with van der Waals surface area (Å²) in [7, 11) is 0. The number of carbonyl (C=O) groups excluding carboxylic acids is 2. The second kappa shape index (κ2) is 6.97. The van der Waals surface area contributed by atoms with E-state index in [1.165, 1.54) is 0 Å². The summed E-state index contributed by atoms with van der Waals surface area (Å²) in [6, 6.07) is 1.64. The van der Waals surface area contributed by atoms with E-state index in [2.05, 4.69) is 22.7 Å². The Morgan fingerprint density at radius 2 is 2.06 bits per heavy atom. The van der Waals surface area contributed by atoms with Gasteiger partial charge in [-0.25, -0.2) is 4.85 Å². The maximum atomic E-state index is 11.1. The average Bonchev–Trinajstić information content (AvgIpc) is 2.31. The van der Waals surface area contributed by atoms with Gasteiger partial charge in [0.1, 0.15) is 6.07 Å². The standard InChI is InChI=1S/C11H10N2O3/c1-8(7-12)10(14)5-4-6-16-11(15)9(2)13-3/h1-2,4-6H2.